The number of rotatable bonds is 10. The summed E-state index contributed by atoms with van der Waals surface area (Å²) in [6, 6.07) is 31.8. The Hall–Kier alpha value is -1.94. The number of nitrogens with zero attached hydrogens (tertiary/aromatic N) is 1. The summed E-state index contributed by atoms with van der Waals surface area (Å²) < 4.78 is 8.35. The van der Waals surface area contributed by atoms with E-state index in [1.165, 1.54) is 94.7 Å². The Morgan fingerprint density at radius 1 is 0.837 bits per heavy atom. The molecule has 1 aliphatic rings. The van der Waals surface area contributed by atoms with Crippen LogP contribution in [0.1, 0.15) is 76.0 Å². The van der Waals surface area contributed by atoms with Crippen molar-refractivity contribution in [2.45, 2.75) is 97.3 Å². The van der Waals surface area contributed by atoms with Gasteiger partial charge in [-0.25, -0.2) is 6.07 Å². The Labute approximate surface area is 313 Å². The molecule has 6 heteroatoms. The number of hydrogen-bond acceptors (Lipinski definition) is 1. The molecule has 1 heterocycles. The van der Waals surface area contributed by atoms with Crippen molar-refractivity contribution in [3.05, 3.63) is 95.6 Å². The van der Waals surface area contributed by atoms with Crippen molar-refractivity contribution in [3.63, 3.8) is 0 Å². The molecule has 0 radical (unpaired) electrons. The SMILES string of the molecule is Cc1cc2c([c-]1[Si](C)(CCCCCCOC(C)(C)C)[c-]1ccc3c(-c4ccc5c(c4)c4ccccc4n5C)cccc31)CCCC2.[Cl][Zr+2][Cl]. The quantitative estimate of drug-likeness (QED) is 0.0766. The number of aromatic nitrogens is 1. The summed E-state index contributed by atoms with van der Waals surface area (Å²) in [6.07, 6.45) is 10.2. The first-order chi connectivity index (χ1) is 23.6. The van der Waals surface area contributed by atoms with Crippen LogP contribution in [-0.2, 0) is 45.5 Å². The Bertz CT molecular complexity index is 2050. The summed E-state index contributed by atoms with van der Waals surface area (Å²) in [7, 11) is 10.0. The molecule has 0 saturated carbocycles. The third kappa shape index (κ3) is 7.66. The van der Waals surface area contributed by atoms with Crippen LogP contribution in [0.3, 0.4) is 0 Å². The Morgan fingerprint density at radius 3 is 2.37 bits per heavy atom. The molecule has 0 N–H and O–H groups in total. The standard InChI is InChI=1S/C43H51NOSi.2ClH.Zr/c1-30-28-31-16-9-10-17-34(31)42(30)46(6,27-14-8-7-13-26-45-43(2,3)4)41-25-23-35-33(19-15-20-37(35)41)32-22-24-40-38(29-32)36-18-11-12-21-39(36)44(40)5;;;/h11-12,15,18-25,28-29H,7-10,13-14,16-17,26-27H2,1-6H3;2*1H;/q-2;;;+4/p-2. The van der Waals surface area contributed by atoms with Crippen LogP contribution in [0.2, 0.25) is 12.6 Å². The zero-order valence-corrected chi connectivity index (χ0v) is 35.2. The van der Waals surface area contributed by atoms with Crippen molar-refractivity contribution >= 4 is 68.1 Å². The van der Waals surface area contributed by atoms with Crippen LogP contribution in [0, 0.1) is 6.92 Å². The molecule has 49 heavy (non-hydrogen) atoms. The predicted molar refractivity (Wildman–Crippen MR) is 214 cm³/mol. The summed E-state index contributed by atoms with van der Waals surface area (Å²) in [5.74, 6) is 0. The number of ether oxygens (including phenoxy) is 1. The first-order valence-electron chi connectivity index (χ1n) is 18.1. The molecule has 1 aliphatic carbocycles. The van der Waals surface area contributed by atoms with Crippen molar-refractivity contribution < 1.29 is 25.6 Å². The van der Waals surface area contributed by atoms with Gasteiger partial charge in [0.1, 0.15) is 0 Å². The van der Waals surface area contributed by atoms with Crippen molar-refractivity contribution in [2.75, 3.05) is 6.61 Å². The summed E-state index contributed by atoms with van der Waals surface area (Å²) in [5.41, 5.74) is 10.1. The molecule has 7 rings (SSSR count). The molecule has 0 saturated heterocycles. The van der Waals surface area contributed by atoms with Crippen molar-refractivity contribution in [2.24, 2.45) is 7.05 Å². The fourth-order valence-electron chi connectivity index (χ4n) is 8.72. The molecule has 0 amide bonds. The van der Waals surface area contributed by atoms with Gasteiger partial charge in [-0.3, -0.25) is 0 Å². The molecular formula is C43H51Cl2NOSiZr. The van der Waals surface area contributed by atoms with E-state index in [2.05, 4.69) is 125 Å². The molecule has 5 aromatic carbocycles. The molecule has 256 valence electrons. The third-order valence-electron chi connectivity index (χ3n) is 10.9. The second kappa shape index (κ2) is 15.7. The second-order valence-electron chi connectivity index (χ2n) is 15.3. The molecule has 1 aromatic heterocycles. The van der Waals surface area contributed by atoms with Gasteiger partial charge in [-0.2, -0.15) is 34.0 Å². The first-order valence-corrected chi connectivity index (χ1v) is 27.2. The van der Waals surface area contributed by atoms with E-state index < -0.39 is 28.9 Å². The zero-order valence-electron chi connectivity index (χ0n) is 30.2. The number of hydrogen-bond donors (Lipinski definition) is 0. The number of unbranched alkanes of at least 4 members (excludes halogenated alkanes) is 3. The molecule has 0 bridgehead atoms. The van der Waals surface area contributed by atoms with Crippen LogP contribution in [0.5, 0.6) is 0 Å². The second-order valence-corrected chi connectivity index (χ2v) is 23.2. The summed E-state index contributed by atoms with van der Waals surface area (Å²) in [5, 5.41) is 8.98. The average molecular weight is 788 g/mol. The summed E-state index contributed by atoms with van der Waals surface area (Å²) >= 11 is -0.826. The zero-order chi connectivity index (χ0) is 34.8. The number of aryl methyl sites for hydroxylation is 3. The minimum absolute atomic E-state index is 0.0434. The van der Waals surface area contributed by atoms with Gasteiger partial charge < -0.3 is 9.30 Å². The van der Waals surface area contributed by atoms with Gasteiger partial charge >= 0.3 is 37.9 Å². The van der Waals surface area contributed by atoms with Crippen molar-refractivity contribution in [1.29, 1.82) is 0 Å². The number of halogens is 2. The molecule has 1 unspecified atom stereocenters. The molecule has 2 nitrogen and oxygen atoms in total. The van der Waals surface area contributed by atoms with Crippen LogP contribution in [-0.4, -0.2) is 24.8 Å². The van der Waals surface area contributed by atoms with E-state index >= 15 is 0 Å². The Kier molecular flexibility index (Phi) is 11.8. The van der Waals surface area contributed by atoms with Gasteiger partial charge in [0.25, 0.3) is 0 Å². The normalized spacial score (nSPS) is 14.4. The third-order valence-corrected chi connectivity index (χ3v) is 15.7. The van der Waals surface area contributed by atoms with E-state index in [1.807, 2.05) is 0 Å². The Morgan fingerprint density at radius 2 is 1.57 bits per heavy atom. The maximum atomic E-state index is 6.02. The van der Waals surface area contributed by atoms with E-state index in [4.69, 9.17) is 21.8 Å². The monoisotopic (exact) mass is 785 g/mol. The molecule has 1 atom stereocenters. The van der Waals surface area contributed by atoms with Gasteiger partial charge in [0.2, 0.25) is 0 Å². The van der Waals surface area contributed by atoms with Crippen LogP contribution in [0.15, 0.2) is 78.9 Å². The van der Waals surface area contributed by atoms with E-state index in [0.29, 0.717) is 0 Å². The average Bonchev–Trinajstić information content (AvgIpc) is 3.76. The molecule has 6 aromatic rings. The van der Waals surface area contributed by atoms with Gasteiger partial charge in [-0.05, 0) is 51.0 Å². The van der Waals surface area contributed by atoms with Gasteiger partial charge in [0.15, 0.2) is 0 Å². The molecule has 0 fully saturated rings. The Balaban J connectivity index is 0.00000134. The number of para-hydroxylation sites is 1. The van der Waals surface area contributed by atoms with Crippen LogP contribution < -0.4 is 10.4 Å². The molecule has 0 spiro atoms. The summed E-state index contributed by atoms with van der Waals surface area (Å²) in [6.45, 7) is 12.5. The van der Waals surface area contributed by atoms with Crippen LogP contribution in [0.4, 0.5) is 0 Å². The fraction of sp³-hybridized carbons (Fsp3) is 0.395. The van der Waals surface area contributed by atoms with E-state index in [0.717, 1.165) is 13.0 Å². The van der Waals surface area contributed by atoms with E-state index in [9.17, 15) is 0 Å². The van der Waals surface area contributed by atoms with E-state index in [1.54, 1.807) is 27.1 Å². The first kappa shape index (κ1) is 36.8. The maximum absolute atomic E-state index is 6.02. The van der Waals surface area contributed by atoms with Crippen LogP contribution in [0.25, 0.3) is 43.7 Å². The van der Waals surface area contributed by atoms with Crippen molar-refractivity contribution in [1.82, 2.24) is 4.57 Å². The fourth-order valence-corrected chi connectivity index (χ4v) is 13.6. The van der Waals surface area contributed by atoms with Gasteiger partial charge in [-0.15, -0.1) is 28.1 Å². The van der Waals surface area contributed by atoms with Gasteiger partial charge in [-0.1, -0.05) is 100 Å². The molecule has 0 aliphatic heterocycles. The van der Waals surface area contributed by atoms with Gasteiger partial charge in [0, 0.05) is 43.5 Å². The summed E-state index contributed by atoms with van der Waals surface area (Å²) in [4.78, 5) is 0. The minimum atomic E-state index is -2.02. The van der Waals surface area contributed by atoms with Crippen molar-refractivity contribution in [3.8, 4) is 11.1 Å². The van der Waals surface area contributed by atoms with Gasteiger partial charge in [0.05, 0.1) is 5.60 Å². The predicted octanol–water partition coefficient (Wildman–Crippen LogP) is 11.7. The molecular weight excluding hydrogens is 737 g/mol. The number of fused-ring (bicyclic) bond motifs is 5. The topological polar surface area (TPSA) is 14.2 Å². The van der Waals surface area contributed by atoms with Crippen LogP contribution >= 0.6 is 17.0 Å². The van der Waals surface area contributed by atoms with E-state index in [-0.39, 0.29) is 5.60 Å². The number of benzene rings is 3.